The van der Waals surface area contributed by atoms with Crippen molar-refractivity contribution < 1.29 is 30.5 Å². The second-order valence-corrected chi connectivity index (χ2v) is 8.78. The zero-order chi connectivity index (χ0) is 20.6. The molecule has 9 heteroatoms. The van der Waals surface area contributed by atoms with Crippen LogP contribution in [0.3, 0.4) is 0 Å². The molecule has 0 spiro atoms. The predicted octanol–water partition coefficient (Wildman–Crippen LogP) is 3.71. The van der Waals surface area contributed by atoms with E-state index in [1.165, 1.54) is 18.2 Å². The van der Waals surface area contributed by atoms with Crippen LogP contribution in [0.2, 0.25) is 0 Å². The molecule has 2 atom stereocenters. The molecule has 0 radical (unpaired) electrons. The molecule has 4 rings (SSSR count). The Bertz CT molecular complexity index is 975. The smallest absolute Gasteiger partial charge is 0.492 e. The molecule has 0 saturated carbocycles. The van der Waals surface area contributed by atoms with Gasteiger partial charge < -0.3 is 8.92 Å². The molecule has 0 aliphatic carbocycles. The molecule has 0 N–H and O–H groups in total. The lowest BCUT2D eigenvalue weighted by molar-refractivity contribution is -0.0500. The number of ether oxygens (including phenoxy) is 1. The molecular weight excluding hydrogens is 407 g/mol. The Morgan fingerprint density at radius 2 is 1.83 bits per heavy atom. The van der Waals surface area contributed by atoms with Crippen molar-refractivity contribution >= 4 is 10.1 Å². The summed E-state index contributed by atoms with van der Waals surface area (Å²) in [6.07, 6.45) is 1.75. The molecular formula is C20H20F3NO4S. The Labute approximate surface area is 167 Å². The summed E-state index contributed by atoms with van der Waals surface area (Å²) in [4.78, 5) is 2.29. The van der Waals surface area contributed by atoms with Gasteiger partial charge in [-0.15, -0.1) is 0 Å². The Balaban J connectivity index is 1.68. The molecule has 2 aromatic carbocycles. The van der Waals surface area contributed by atoms with Gasteiger partial charge in [-0.3, -0.25) is 4.90 Å². The lowest BCUT2D eigenvalue weighted by Crippen LogP contribution is -2.52. The average molecular weight is 427 g/mol. The summed E-state index contributed by atoms with van der Waals surface area (Å²) in [7, 11) is -5.73. The van der Waals surface area contributed by atoms with Crippen molar-refractivity contribution in [3.8, 4) is 11.5 Å². The van der Waals surface area contributed by atoms with E-state index in [0.29, 0.717) is 24.3 Å². The first-order valence-corrected chi connectivity index (χ1v) is 10.7. The molecule has 2 aliphatic rings. The molecule has 0 bridgehead atoms. The summed E-state index contributed by atoms with van der Waals surface area (Å²) < 4.78 is 71.1. The van der Waals surface area contributed by atoms with Gasteiger partial charge in [0.2, 0.25) is 0 Å². The number of rotatable bonds is 5. The largest absolute Gasteiger partial charge is 0.534 e. The van der Waals surface area contributed by atoms with E-state index in [1.54, 1.807) is 0 Å². The van der Waals surface area contributed by atoms with Crippen LogP contribution in [0.1, 0.15) is 23.5 Å². The second-order valence-electron chi connectivity index (χ2n) is 7.25. The van der Waals surface area contributed by atoms with Crippen LogP contribution in [0.25, 0.3) is 0 Å². The number of hydrogen-bond acceptors (Lipinski definition) is 5. The van der Waals surface area contributed by atoms with Crippen LogP contribution >= 0.6 is 0 Å². The van der Waals surface area contributed by atoms with Crippen molar-refractivity contribution in [3.63, 3.8) is 0 Å². The van der Waals surface area contributed by atoms with Crippen LogP contribution in [-0.4, -0.2) is 44.6 Å². The molecule has 29 heavy (non-hydrogen) atoms. The Hall–Kier alpha value is -2.26. The highest BCUT2D eigenvalue weighted by Crippen LogP contribution is 2.41. The Morgan fingerprint density at radius 1 is 1.10 bits per heavy atom. The van der Waals surface area contributed by atoms with Gasteiger partial charge in [-0.2, -0.15) is 21.6 Å². The average Bonchev–Trinajstić information content (AvgIpc) is 2.62. The molecule has 0 aromatic heterocycles. The summed E-state index contributed by atoms with van der Waals surface area (Å²) in [6, 6.07) is 13.9. The highest BCUT2D eigenvalue weighted by atomic mass is 32.2. The third kappa shape index (κ3) is 4.06. The van der Waals surface area contributed by atoms with Crippen LogP contribution in [-0.2, 0) is 16.5 Å². The number of hydrogen-bond donors (Lipinski definition) is 0. The van der Waals surface area contributed by atoms with Gasteiger partial charge in [0.25, 0.3) is 0 Å². The van der Waals surface area contributed by atoms with E-state index in [4.69, 9.17) is 4.74 Å². The van der Waals surface area contributed by atoms with E-state index in [0.717, 1.165) is 25.1 Å². The summed E-state index contributed by atoms with van der Waals surface area (Å²) in [5, 5.41) is 0. The maximum absolute atomic E-state index is 12.7. The normalized spacial score (nSPS) is 22.3. The molecule has 2 heterocycles. The summed E-state index contributed by atoms with van der Waals surface area (Å²) in [5.41, 5.74) is -3.74. The fraction of sp³-hybridized carbons (Fsp3) is 0.400. The number of nitrogens with zero attached hydrogens (tertiary/aromatic N) is 1. The van der Waals surface area contributed by atoms with Crippen LogP contribution in [0.4, 0.5) is 13.2 Å². The molecule has 156 valence electrons. The van der Waals surface area contributed by atoms with Crippen LogP contribution < -0.4 is 8.92 Å². The first kappa shape index (κ1) is 20.0. The van der Waals surface area contributed by atoms with Crippen LogP contribution in [0.5, 0.6) is 11.5 Å². The first-order valence-electron chi connectivity index (χ1n) is 9.30. The maximum atomic E-state index is 12.7. The zero-order valence-corrected chi connectivity index (χ0v) is 16.2. The van der Waals surface area contributed by atoms with E-state index in [-0.39, 0.29) is 17.7 Å². The van der Waals surface area contributed by atoms with Crippen LogP contribution in [0.15, 0.2) is 48.5 Å². The van der Waals surface area contributed by atoms with Gasteiger partial charge in [-0.05, 0) is 49.7 Å². The quantitative estimate of drug-likeness (QED) is 0.538. The van der Waals surface area contributed by atoms with Crippen molar-refractivity contribution in [1.82, 2.24) is 4.90 Å². The van der Waals surface area contributed by atoms with Gasteiger partial charge in [-0.25, -0.2) is 0 Å². The van der Waals surface area contributed by atoms with Crippen molar-refractivity contribution in [2.75, 3.05) is 19.7 Å². The van der Waals surface area contributed by atoms with Gasteiger partial charge in [0.15, 0.2) is 0 Å². The minimum atomic E-state index is -5.73. The standard InChI is InChI=1S/C20H20F3NO4S/c21-20(22,23)29(25,26)28-15-7-8-19-17(12-15)16(11-14-5-2-1-3-6-14)18(13-27-19)24-9-4-10-24/h1-3,5-8,12,16,18H,4,9-11,13H2. The Kier molecular flexibility index (Phi) is 5.20. The third-order valence-electron chi connectivity index (χ3n) is 5.40. The molecule has 1 saturated heterocycles. The van der Waals surface area contributed by atoms with Crippen molar-refractivity contribution in [3.05, 3.63) is 59.7 Å². The van der Waals surface area contributed by atoms with Crippen molar-refractivity contribution in [2.24, 2.45) is 0 Å². The van der Waals surface area contributed by atoms with Gasteiger partial charge in [0, 0.05) is 11.5 Å². The van der Waals surface area contributed by atoms with Gasteiger partial charge in [0.05, 0.1) is 6.04 Å². The van der Waals surface area contributed by atoms with E-state index in [2.05, 4.69) is 9.08 Å². The van der Waals surface area contributed by atoms with E-state index in [1.807, 2.05) is 30.3 Å². The van der Waals surface area contributed by atoms with E-state index in [9.17, 15) is 21.6 Å². The lowest BCUT2D eigenvalue weighted by atomic mass is 9.82. The molecule has 5 nitrogen and oxygen atoms in total. The topological polar surface area (TPSA) is 55.8 Å². The van der Waals surface area contributed by atoms with Crippen LogP contribution in [0, 0.1) is 0 Å². The van der Waals surface area contributed by atoms with E-state index < -0.39 is 15.6 Å². The highest BCUT2D eigenvalue weighted by molar-refractivity contribution is 7.88. The number of likely N-dealkylation sites (tertiary alicyclic amines) is 1. The molecule has 2 aromatic rings. The summed E-state index contributed by atoms with van der Waals surface area (Å²) >= 11 is 0. The first-order chi connectivity index (χ1) is 13.7. The maximum Gasteiger partial charge on any atom is 0.534 e. The monoisotopic (exact) mass is 427 g/mol. The predicted molar refractivity (Wildman–Crippen MR) is 100 cm³/mol. The summed E-state index contributed by atoms with van der Waals surface area (Å²) in [5.74, 6) is 0.116. The third-order valence-corrected chi connectivity index (χ3v) is 6.38. The SMILES string of the molecule is O=S(=O)(Oc1ccc2c(c1)C(Cc1ccccc1)C(N1CCC1)CO2)C(F)(F)F. The van der Waals surface area contributed by atoms with E-state index >= 15 is 0 Å². The van der Waals surface area contributed by atoms with Crippen molar-refractivity contribution in [1.29, 1.82) is 0 Å². The highest BCUT2D eigenvalue weighted by Gasteiger charge is 2.48. The second kappa shape index (κ2) is 7.53. The number of fused-ring (bicyclic) bond motifs is 1. The Morgan fingerprint density at radius 3 is 2.45 bits per heavy atom. The van der Waals surface area contributed by atoms with Gasteiger partial charge >= 0.3 is 15.6 Å². The van der Waals surface area contributed by atoms with Crippen molar-refractivity contribution in [2.45, 2.75) is 30.3 Å². The number of alkyl halides is 3. The molecule has 1 fully saturated rings. The zero-order valence-electron chi connectivity index (χ0n) is 15.4. The summed E-state index contributed by atoms with van der Waals surface area (Å²) in [6.45, 7) is 2.35. The van der Waals surface area contributed by atoms with Gasteiger partial charge in [0.1, 0.15) is 18.1 Å². The molecule has 0 amide bonds. The lowest BCUT2D eigenvalue weighted by Gasteiger charge is -2.45. The minimum Gasteiger partial charge on any atom is -0.492 e. The molecule has 2 aliphatic heterocycles. The fourth-order valence-corrected chi connectivity index (χ4v) is 4.27. The molecule has 2 unspecified atom stereocenters. The fourth-order valence-electron chi connectivity index (χ4n) is 3.82. The number of halogens is 3. The minimum absolute atomic E-state index is 0.0569. The number of benzene rings is 2. The van der Waals surface area contributed by atoms with Gasteiger partial charge in [-0.1, -0.05) is 30.3 Å².